The van der Waals surface area contributed by atoms with Crippen LogP contribution in [0.2, 0.25) is 0 Å². The lowest BCUT2D eigenvalue weighted by molar-refractivity contribution is 0.304. The Balaban J connectivity index is 2.14. The molecule has 0 radical (unpaired) electrons. The average Bonchev–Trinajstić information content (AvgIpc) is 2.73. The van der Waals surface area contributed by atoms with Gasteiger partial charge in [0.15, 0.2) is 0 Å². The van der Waals surface area contributed by atoms with Gasteiger partial charge in [0.1, 0.15) is 12.4 Å². The van der Waals surface area contributed by atoms with Gasteiger partial charge < -0.3 is 10.5 Å². The minimum Gasteiger partial charge on any atom is -0.487 e. The fraction of sp³-hybridized carbons (Fsp3) is 0.286. The van der Waals surface area contributed by atoms with Crippen molar-refractivity contribution in [2.45, 2.75) is 26.0 Å². The Hall–Kier alpha value is -0.360. The van der Waals surface area contributed by atoms with E-state index in [-0.39, 0.29) is 6.04 Å². The van der Waals surface area contributed by atoms with Crippen molar-refractivity contribution in [2.75, 3.05) is 0 Å². The molecule has 2 N–H and O–H groups in total. The summed E-state index contributed by atoms with van der Waals surface area (Å²) in [5.74, 6) is 0.893. The fourth-order valence-electron chi connectivity index (χ4n) is 1.80. The highest BCUT2D eigenvalue weighted by molar-refractivity contribution is 9.10. The molecular formula is C14H15Br2NOS. The third-order valence-electron chi connectivity index (χ3n) is 2.57. The predicted molar refractivity (Wildman–Crippen MR) is 87.8 cm³/mol. The Kier molecular flexibility index (Phi) is 5.45. The molecule has 1 aromatic heterocycles. The number of hydrogen-bond donors (Lipinski definition) is 1. The number of thiophene rings is 1. The first-order valence-corrected chi connectivity index (χ1v) is 8.41. The number of para-hydroxylation sites is 1. The molecule has 1 aromatic carbocycles. The number of rotatable bonds is 5. The lowest BCUT2D eigenvalue weighted by atomic mass is 10.1. The normalized spacial score (nSPS) is 12.4. The summed E-state index contributed by atoms with van der Waals surface area (Å²) in [4.78, 5) is 1.19. The molecule has 2 nitrogen and oxygen atoms in total. The lowest BCUT2D eigenvalue weighted by Crippen LogP contribution is -2.18. The molecule has 2 aromatic rings. The van der Waals surface area contributed by atoms with Gasteiger partial charge in [-0.3, -0.25) is 0 Å². The summed E-state index contributed by atoms with van der Waals surface area (Å²) < 4.78 is 8.03. The molecule has 0 fully saturated rings. The summed E-state index contributed by atoms with van der Waals surface area (Å²) in [6.45, 7) is 2.58. The highest BCUT2D eigenvalue weighted by Crippen LogP contribution is 2.31. The van der Waals surface area contributed by atoms with Crippen molar-refractivity contribution in [3.8, 4) is 5.75 Å². The number of nitrogens with two attached hydrogens (primary N) is 1. The molecule has 0 aliphatic rings. The van der Waals surface area contributed by atoms with E-state index in [4.69, 9.17) is 10.5 Å². The van der Waals surface area contributed by atoms with Crippen LogP contribution in [0.1, 0.15) is 17.4 Å². The number of benzene rings is 1. The highest BCUT2D eigenvalue weighted by atomic mass is 79.9. The highest BCUT2D eigenvalue weighted by Gasteiger charge is 2.10. The zero-order chi connectivity index (χ0) is 13.8. The summed E-state index contributed by atoms with van der Waals surface area (Å²) in [6, 6.07) is 8.26. The van der Waals surface area contributed by atoms with Gasteiger partial charge in [-0.25, -0.2) is 0 Å². The standard InChI is InChI=1S/C14H15Br2NOS/c1-9(17)5-10-3-2-4-13(16)14(10)18-7-12-6-11(15)8-19-12/h2-4,6,8-9H,5,7,17H2,1H3. The van der Waals surface area contributed by atoms with Crippen LogP contribution in [-0.2, 0) is 13.0 Å². The first kappa shape index (κ1) is 15.0. The number of hydrogen-bond acceptors (Lipinski definition) is 3. The second-order valence-corrected chi connectivity index (χ2v) is 7.20. The summed E-state index contributed by atoms with van der Waals surface area (Å²) in [7, 11) is 0. The molecular weight excluding hydrogens is 390 g/mol. The molecule has 0 spiro atoms. The molecule has 19 heavy (non-hydrogen) atoms. The molecule has 0 saturated carbocycles. The topological polar surface area (TPSA) is 35.2 Å². The largest absolute Gasteiger partial charge is 0.487 e. The van der Waals surface area contributed by atoms with Crippen molar-refractivity contribution in [2.24, 2.45) is 5.73 Å². The molecule has 0 amide bonds. The van der Waals surface area contributed by atoms with Gasteiger partial charge in [-0.05, 0) is 62.9 Å². The van der Waals surface area contributed by atoms with Crippen molar-refractivity contribution in [3.63, 3.8) is 0 Å². The zero-order valence-corrected chi connectivity index (χ0v) is 14.5. The Bertz CT molecular complexity index is 554. The van der Waals surface area contributed by atoms with Gasteiger partial charge in [-0.2, -0.15) is 0 Å². The van der Waals surface area contributed by atoms with Crippen molar-refractivity contribution in [1.29, 1.82) is 0 Å². The quantitative estimate of drug-likeness (QED) is 0.780. The van der Waals surface area contributed by atoms with Gasteiger partial charge >= 0.3 is 0 Å². The van der Waals surface area contributed by atoms with Crippen molar-refractivity contribution >= 4 is 43.2 Å². The first-order chi connectivity index (χ1) is 9.06. The van der Waals surface area contributed by atoms with Crippen molar-refractivity contribution in [3.05, 3.63) is 49.0 Å². The number of ether oxygens (including phenoxy) is 1. The fourth-order valence-corrected chi connectivity index (χ4v) is 3.68. The van der Waals surface area contributed by atoms with E-state index in [1.54, 1.807) is 11.3 Å². The van der Waals surface area contributed by atoms with E-state index >= 15 is 0 Å². The van der Waals surface area contributed by atoms with E-state index < -0.39 is 0 Å². The second kappa shape index (κ2) is 6.88. The molecule has 102 valence electrons. The van der Waals surface area contributed by atoms with Gasteiger partial charge in [0.2, 0.25) is 0 Å². The van der Waals surface area contributed by atoms with Crippen LogP contribution in [0.15, 0.2) is 38.6 Å². The van der Waals surface area contributed by atoms with Crippen LogP contribution in [-0.4, -0.2) is 6.04 Å². The molecule has 0 aliphatic heterocycles. The van der Waals surface area contributed by atoms with E-state index in [0.717, 1.165) is 26.7 Å². The molecule has 0 aliphatic carbocycles. The van der Waals surface area contributed by atoms with E-state index in [0.29, 0.717) is 6.61 Å². The van der Waals surface area contributed by atoms with Gasteiger partial charge in [0.25, 0.3) is 0 Å². The average molecular weight is 405 g/mol. The maximum Gasteiger partial charge on any atom is 0.137 e. The Morgan fingerprint density at radius 3 is 2.79 bits per heavy atom. The molecule has 1 heterocycles. The molecule has 0 bridgehead atoms. The molecule has 5 heteroatoms. The van der Waals surface area contributed by atoms with E-state index in [2.05, 4.69) is 49.4 Å². The second-order valence-electron chi connectivity index (χ2n) is 4.43. The van der Waals surface area contributed by atoms with Crippen molar-refractivity contribution < 1.29 is 4.74 Å². The molecule has 1 atom stereocenters. The van der Waals surface area contributed by atoms with Crippen LogP contribution in [0.5, 0.6) is 5.75 Å². The molecule has 2 rings (SSSR count). The Morgan fingerprint density at radius 2 is 2.16 bits per heavy atom. The van der Waals surface area contributed by atoms with Crippen LogP contribution in [0, 0.1) is 0 Å². The van der Waals surface area contributed by atoms with Gasteiger partial charge in [0, 0.05) is 20.8 Å². The third-order valence-corrected chi connectivity index (χ3v) is 4.87. The summed E-state index contributed by atoms with van der Waals surface area (Å²) in [5.41, 5.74) is 7.02. The van der Waals surface area contributed by atoms with Crippen LogP contribution < -0.4 is 10.5 Å². The Morgan fingerprint density at radius 1 is 1.37 bits per heavy atom. The summed E-state index contributed by atoms with van der Waals surface area (Å²) in [5, 5.41) is 2.06. The van der Waals surface area contributed by atoms with Crippen LogP contribution in [0.25, 0.3) is 0 Å². The molecule has 1 unspecified atom stereocenters. The maximum absolute atomic E-state index is 5.96. The smallest absolute Gasteiger partial charge is 0.137 e. The molecule has 0 saturated heterocycles. The maximum atomic E-state index is 5.96. The summed E-state index contributed by atoms with van der Waals surface area (Å²) in [6.07, 6.45) is 0.808. The van der Waals surface area contributed by atoms with Gasteiger partial charge in [0.05, 0.1) is 4.47 Å². The lowest BCUT2D eigenvalue weighted by Gasteiger charge is -2.14. The van der Waals surface area contributed by atoms with E-state index in [9.17, 15) is 0 Å². The van der Waals surface area contributed by atoms with Crippen LogP contribution >= 0.6 is 43.2 Å². The third kappa shape index (κ3) is 4.31. The summed E-state index contributed by atoms with van der Waals surface area (Å²) >= 11 is 8.68. The SMILES string of the molecule is CC(N)Cc1cccc(Br)c1OCc1cc(Br)cs1. The van der Waals surface area contributed by atoms with Crippen molar-refractivity contribution in [1.82, 2.24) is 0 Å². The first-order valence-electron chi connectivity index (χ1n) is 5.95. The number of halogens is 2. The van der Waals surface area contributed by atoms with Gasteiger partial charge in [-0.15, -0.1) is 11.3 Å². The minimum absolute atomic E-state index is 0.118. The van der Waals surface area contributed by atoms with Gasteiger partial charge in [-0.1, -0.05) is 12.1 Å². The predicted octanol–water partition coefficient (Wildman–Crippen LogP) is 4.74. The zero-order valence-electron chi connectivity index (χ0n) is 10.5. The van der Waals surface area contributed by atoms with E-state index in [1.807, 2.05) is 19.1 Å². The van der Waals surface area contributed by atoms with E-state index in [1.165, 1.54) is 4.88 Å². The Labute approximate surface area is 134 Å². The van der Waals surface area contributed by atoms with Crippen LogP contribution in [0.3, 0.4) is 0 Å². The van der Waals surface area contributed by atoms with Crippen LogP contribution in [0.4, 0.5) is 0 Å². The monoisotopic (exact) mass is 403 g/mol. The minimum atomic E-state index is 0.118.